The van der Waals surface area contributed by atoms with Crippen molar-refractivity contribution in [2.75, 3.05) is 11.9 Å². The summed E-state index contributed by atoms with van der Waals surface area (Å²) in [5, 5.41) is 3.78. The van der Waals surface area contributed by atoms with Gasteiger partial charge in [0, 0.05) is 6.04 Å². The zero-order valence-electron chi connectivity index (χ0n) is 7.63. The second-order valence-electron chi connectivity index (χ2n) is 2.99. The second kappa shape index (κ2) is 5.04. The van der Waals surface area contributed by atoms with Crippen molar-refractivity contribution in [3.05, 3.63) is 23.5 Å². The van der Waals surface area contributed by atoms with Gasteiger partial charge in [-0.2, -0.15) is 0 Å². The maximum Gasteiger partial charge on any atom is 0.129 e. The Hall–Kier alpha value is -0.800. The monoisotopic (exact) mass is 199 g/mol. The van der Waals surface area contributed by atoms with E-state index in [1.54, 1.807) is 12.3 Å². The Morgan fingerprint density at radius 1 is 1.62 bits per heavy atom. The summed E-state index contributed by atoms with van der Waals surface area (Å²) >= 11 is 5.65. The third kappa shape index (κ3) is 3.61. The third-order valence-corrected chi connectivity index (χ3v) is 1.96. The summed E-state index contributed by atoms with van der Waals surface area (Å²) in [5.41, 5.74) is 6.41. The molecule has 72 valence electrons. The summed E-state index contributed by atoms with van der Waals surface area (Å²) in [6.45, 7) is 2.77. The van der Waals surface area contributed by atoms with Crippen molar-refractivity contribution in [2.24, 2.45) is 5.73 Å². The van der Waals surface area contributed by atoms with Crippen LogP contribution in [0.4, 0.5) is 5.69 Å². The largest absolute Gasteiger partial charge is 0.381 e. The van der Waals surface area contributed by atoms with E-state index in [4.69, 9.17) is 17.3 Å². The van der Waals surface area contributed by atoms with Crippen LogP contribution in [-0.2, 0) is 0 Å². The fourth-order valence-corrected chi connectivity index (χ4v) is 1.18. The highest BCUT2D eigenvalue weighted by atomic mass is 35.5. The molecule has 0 aromatic carbocycles. The van der Waals surface area contributed by atoms with Crippen molar-refractivity contribution in [3.63, 3.8) is 0 Å². The minimum absolute atomic E-state index is 0.368. The number of nitrogens with zero attached hydrogens (tertiary/aromatic N) is 1. The molecule has 1 heterocycles. The molecule has 1 unspecified atom stereocenters. The molecule has 0 aliphatic rings. The fraction of sp³-hybridized carbons (Fsp3) is 0.444. The molecule has 0 saturated heterocycles. The predicted octanol–water partition coefficient (Wildman–Crippen LogP) is 1.88. The maximum absolute atomic E-state index is 5.65. The molecule has 1 aromatic rings. The minimum Gasteiger partial charge on any atom is -0.381 e. The van der Waals surface area contributed by atoms with Crippen LogP contribution in [0.5, 0.6) is 0 Å². The third-order valence-electron chi connectivity index (χ3n) is 1.74. The van der Waals surface area contributed by atoms with Crippen LogP contribution in [0.1, 0.15) is 13.3 Å². The van der Waals surface area contributed by atoms with E-state index in [9.17, 15) is 0 Å². The summed E-state index contributed by atoms with van der Waals surface area (Å²) in [7, 11) is 0. The molecule has 0 spiro atoms. The molecule has 3 nitrogen and oxygen atoms in total. The first-order chi connectivity index (χ1) is 6.22. The zero-order valence-corrected chi connectivity index (χ0v) is 8.38. The van der Waals surface area contributed by atoms with Gasteiger partial charge in [0.05, 0.1) is 11.9 Å². The number of halogens is 1. The predicted molar refractivity (Wildman–Crippen MR) is 56.0 cm³/mol. The van der Waals surface area contributed by atoms with E-state index in [0.717, 1.165) is 12.1 Å². The Morgan fingerprint density at radius 2 is 2.38 bits per heavy atom. The molecule has 1 rings (SSSR count). The first-order valence-electron chi connectivity index (χ1n) is 4.30. The van der Waals surface area contributed by atoms with E-state index < -0.39 is 0 Å². The number of anilines is 1. The van der Waals surface area contributed by atoms with Crippen molar-refractivity contribution >= 4 is 17.3 Å². The van der Waals surface area contributed by atoms with Crippen LogP contribution in [0.2, 0.25) is 5.15 Å². The molecule has 1 atom stereocenters. The lowest BCUT2D eigenvalue weighted by Crippen LogP contribution is -2.19. The Kier molecular flexibility index (Phi) is 3.99. The van der Waals surface area contributed by atoms with Crippen LogP contribution >= 0.6 is 11.6 Å². The van der Waals surface area contributed by atoms with Crippen LogP contribution in [0, 0.1) is 0 Å². The summed E-state index contributed by atoms with van der Waals surface area (Å²) in [6.07, 6.45) is 2.66. The molecule has 3 N–H and O–H groups in total. The molecule has 0 saturated carbocycles. The summed E-state index contributed by atoms with van der Waals surface area (Å²) in [5.74, 6) is 0. The van der Waals surface area contributed by atoms with Gasteiger partial charge in [-0.05, 0) is 32.0 Å². The van der Waals surface area contributed by atoms with Gasteiger partial charge in [0.15, 0.2) is 0 Å². The van der Waals surface area contributed by atoms with Crippen molar-refractivity contribution in [1.82, 2.24) is 4.98 Å². The first-order valence-corrected chi connectivity index (χ1v) is 4.68. The standard InChI is InChI=1S/C9H14ClN3/c1-7(4-5-11)13-8-2-3-9(10)12-6-8/h2-3,6-7,13H,4-5,11H2,1H3. The van der Waals surface area contributed by atoms with Crippen molar-refractivity contribution in [3.8, 4) is 0 Å². The summed E-state index contributed by atoms with van der Waals surface area (Å²) < 4.78 is 0. The molecule has 0 fully saturated rings. The molecule has 4 heteroatoms. The average molecular weight is 200 g/mol. The number of pyridine rings is 1. The topological polar surface area (TPSA) is 50.9 Å². The van der Waals surface area contributed by atoms with Gasteiger partial charge >= 0.3 is 0 Å². The van der Waals surface area contributed by atoms with Crippen molar-refractivity contribution in [2.45, 2.75) is 19.4 Å². The van der Waals surface area contributed by atoms with Gasteiger partial charge in [-0.25, -0.2) is 4.98 Å². The van der Waals surface area contributed by atoms with Gasteiger partial charge in [-0.3, -0.25) is 0 Å². The van der Waals surface area contributed by atoms with E-state index in [-0.39, 0.29) is 0 Å². The Labute approximate surface area is 83.3 Å². The van der Waals surface area contributed by atoms with Crippen molar-refractivity contribution < 1.29 is 0 Å². The SMILES string of the molecule is CC(CCN)Nc1ccc(Cl)nc1. The van der Waals surface area contributed by atoms with Gasteiger partial charge in [0.25, 0.3) is 0 Å². The van der Waals surface area contributed by atoms with E-state index in [1.807, 2.05) is 6.07 Å². The molecular formula is C9H14ClN3. The molecular weight excluding hydrogens is 186 g/mol. The van der Waals surface area contributed by atoms with E-state index in [2.05, 4.69) is 17.2 Å². The molecule has 0 aliphatic heterocycles. The smallest absolute Gasteiger partial charge is 0.129 e. The highest BCUT2D eigenvalue weighted by Gasteiger charge is 2.00. The Balaban J connectivity index is 2.49. The lowest BCUT2D eigenvalue weighted by atomic mass is 10.2. The summed E-state index contributed by atoms with van der Waals surface area (Å²) in [4.78, 5) is 3.96. The van der Waals surface area contributed by atoms with Gasteiger partial charge in [0.2, 0.25) is 0 Å². The number of hydrogen-bond donors (Lipinski definition) is 2. The lowest BCUT2D eigenvalue weighted by molar-refractivity contribution is 0.716. The van der Waals surface area contributed by atoms with Crippen LogP contribution in [-0.4, -0.2) is 17.6 Å². The number of nitrogens with one attached hydrogen (secondary N) is 1. The van der Waals surface area contributed by atoms with E-state index in [0.29, 0.717) is 17.7 Å². The first kappa shape index (κ1) is 10.3. The van der Waals surface area contributed by atoms with Gasteiger partial charge in [-0.1, -0.05) is 11.6 Å². The van der Waals surface area contributed by atoms with Gasteiger partial charge in [0.1, 0.15) is 5.15 Å². The zero-order chi connectivity index (χ0) is 9.68. The van der Waals surface area contributed by atoms with Crippen LogP contribution in [0.3, 0.4) is 0 Å². The maximum atomic E-state index is 5.65. The minimum atomic E-state index is 0.368. The number of rotatable bonds is 4. The van der Waals surface area contributed by atoms with E-state index in [1.165, 1.54) is 0 Å². The van der Waals surface area contributed by atoms with Crippen LogP contribution in [0.25, 0.3) is 0 Å². The van der Waals surface area contributed by atoms with Crippen LogP contribution in [0.15, 0.2) is 18.3 Å². The fourth-order valence-electron chi connectivity index (χ4n) is 1.07. The lowest BCUT2D eigenvalue weighted by Gasteiger charge is -2.13. The Bertz CT molecular complexity index is 248. The Morgan fingerprint density at radius 3 is 2.92 bits per heavy atom. The quantitative estimate of drug-likeness (QED) is 0.729. The van der Waals surface area contributed by atoms with E-state index >= 15 is 0 Å². The highest BCUT2D eigenvalue weighted by Crippen LogP contribution is 2.11. The summed E-state index contributed by atoms with van der Waals surface area (Å²) in [6, 6.07) is 4.04. The van der Waals surface area contributed by atoms with Crippen LogP contribution < -0.4 is 11.1 Å². The molecule has 0 radical (unpaired) electrons. The second-order valence-corrected chi connectivity index (χ2v) is 3.38. The van der Waals surface area contributed by atoms with Gasteiger partial charge in [-0.15, -0.1) is 0 Å². The molecule has 0 aliphatic carbocycles. The average Bonchev–Trinajstić information content (AvgIpc) is 2.09. The molecule has 1 aromatic heterocycles. The number of nitrogens with two attached hydrogens (primary N) is 1. The van der Waals surface area contributed by atoms with Crippen molar-refractivity contribution in [1.29, 1.82) is 0 Å². The highest BCUT2D eigenvalue weighted by molar-refractivity contribution is 6.29. The molecule has 0 amide bonds. The van der Waals surface area contributed by atoms with Gasteiger partial charge < -0.3 is 11.1 Å². The molecule has 13 heavy (non-hydrogen) atoms. The number of hydrogen-bond acceptors (Lipinski definition) is 3. The normalized spacial score (nSPS) is 12.5. The molecule has 0 bridgehead atoms. The number of aromatic nitrogens is 1.